The molecule has 7 heteroatoms. The van der Waals surface area contributed by atoms with Crippen molar-refractivity contribution in [3.63, 3.8) is 0 Å². The van der Waals surface area contributed by atoms with E-state index in [1.165, 1.54) is 0 Å². The van der Waals surface area contributed by atoms with Gasteiger partial charge in [0.05, 0.1) is 19.1 Å². The molecule has 0 radical (unpaired) electrons. The van der Waals surface area contributed by atoms with Crippen molar-refractivity contribution in [2.45, 2.75) is 6.54 Å². The Hall–Kier alpha value is -2.08. The predicted molar refractivity (Wildman–Crippen MR) is 67.3 cm³/mol. The third-order valence-corrected chi connectivity index (χ3v) is 2.72. The Morgan fingerprint density at radius 2 is 2.33 bits per heavy atom. The molecule has 1 N–H and O–H groups in total. The maximum atomic E-state index is 5.86. The number of nitrogens with one attached hydrogen (secondary N) is 1. The van der Waals surface area contributed by atoms with Crippen LogP contribution in [0.25, 0.3) is 11.2 Å². The number of anilines is 1. The van der Waals surface area contributed by atoms with Gasteiger partial charge in [-0.1, -0.05) is 0 Å². The van der Waals surface area contributed by atoms with Gasteiger partial charge in [0.25, 0.3) is 0 Å². The summed E-state index contributed by atoms with van der Waals surface area (Å²) < 4.78 is 7.09. The van der Waals surface area contributed by atoms with Crippen LogP contribution in [0, 0.1) is 0 Å². The lowest BCUT2D eigenvalue weighted by Crippen LogP contribution is -2.04. The number of hydrogen-bond donors (Lipinski definition) is 1. The SMILES string of the molecule is Cn1cnc2nc(Cl)nc(NCc3ccco3)c21. The summed E-state index contributed by atoms with van der Waals surface area (Å²) in [7, 11) is 1.88. The predicted octanol–water partition coefficient (Wildman–Crippen LogP) is 2.22. The van der Waals surface area contributed by atoms with Crippen LogP contribution in [0.4, 0.5) is 5.82 Å². The minimum Gasteiger partial charge on any atom is -0.467 e. The lowest BCUT2D eigenvalue weighted by molar-refractivity contribution is 0.518. The minimum absolute atomic E-state index is 0.170. The maximum absolute atomic E-state index is 5.86. The van der Waals surface area contributed by atoms with Crippen molar-refractivity contribution in [2.24, 2.45) is 7.05 Å². The molecule has 18 heavy (non-hydrogen) atoms. The number of fused-ring (bicyclic) bond motifs is 1. The van der Waals surface area contributed by atoms with Crippen molar-refractivity contribution in [1.29, 1.82) is 0 Å². The van der Waals surface area contributed by atoms with Crippen LogP contribution in [0.15, 0.2) is 29.1 Å². The Balaban J connectivity index is 1.97. The normalized spacial score (nSPS) is 11.0. The second kappa shape index (κ2) is 4.30. The lowest BCUT2D eigenvalue weighted by atomic mass is 10.4. The number of nitrogens with zero attached hydrogens (tertiary/aromatic N) is 4. The molecule has 3 aromatic heterocycles. The summed E-state index contributed by atoms with van der Waals surface area (Å²) in [5, 5.41) is 3.34. The van der Waals surface area contributed by atoms with Gasteiger partial charge in [-0.3, -0.25) is 0 Å². The van der Waals surface area contributed by atoms with Crippen LogP contribution in [-0.4, -0.2) is 19.5 Å². The Morgan fingerprint density at radius 1 is 1.44 bits per heavy atom. The van der Waals surface area contributed by atoms with E-state index in [1.54, 1.807) is 12.6 Å². The van der Waals surface area contributed by atoms with Crippen molar-refractivity contribution >= 4 is 28.6 Å². The quantitative estimate of drug-likeness (QED) is 0.734. The Labute approximate surface area is 108 Å². The van der Waals surface area contributed by atoms with Crippen LogP contribution in [0.3, 0.4) is 0 Å². The average molecular weight is 264 g/mol. The molecular formula is C11H10ClN5O. The molecule has 0 aliphatic rings. The first-order chi connectivity index (χ1) is 8.74. The number of rotatable bonds is 3. The average Bonchev–Trinajstić information content (AvgIpc) is 2.96. The minimum atomic E-state index is 0.170. The highest BCUT2D eigenvalue weighted by Crippen LogP contribution is 2.21. The van der Waals surface area contributed by atoms with Gasteiger partial charge in [-0.15, -0.1) is 0 Å². The lowest BCUT2D eigenvalue weighted by Gasteiger charge is -2.06. The molecule has 0 bridgehead atoms. The molecule has 92 valence electrons. The Kier molecular flexibility index (Phi) is 2.64. The zero-order valence-electron chi connectivity index (χ0n) is 9.59. The Morgan fingerprint density at radius 3 is 3.11 bits per heavy atom. The zero-order valence-corrected chi connectivity index (χ0v) is 10.3. The van der Waals surface area contributed by atoms with E-state index in [4.69, 9.17) is 16.0 Å². The third kappa shape index (κ3) is 1.91. The van der Waals surface area contributed by atoms with E-state index >= 15 is 0 Å². The second-order valence-electron chi connectivity index (χ2n) is 3.80. The summed E-state index contributed by atoms with van der Waals surface area (Å²) in [5.74, 6) is 1.46. The number of furan rings is 1. The van der Waals surface area contributed by atoms with E-state index in [2.05, 4.69) is 20.3 Å². The van der Waals surface area contributed by atoms with Gasteiger partial charge in [-0.2, -0.15) is 9.97 Å². The van der Waals surface area contributed by atoms with Gasteiger partial charge < -0.3 is 14.3 Å². The standard InChI is InChI=1S/C11H10ClN5O/c1-17-6-14-10-8(17)9(15-11(12)16-10)13-5-7-3-2-4-18-7/h2-4,6H,5H2,1H3,(H,13,15,16). The summed E-state index contributed by atoms with van der Waals surface area (Å²) in [6, 6.07) is 3.72. The highest BCUT2D eigenvalue weighted by molar-refractivity contribution is 6.28. The molecule has 0 atom stereocenters. The van der Waals surface area contributed by atoms with Gasteiger partial charge in [-0.25, -0.2) is 4.98 Å². The van der Waals surface area contributed by atoms with E-state index in [1.807, 2.05) is 23.7 Å². The third-order valence-electron chi connectivity index (χ3n) is 2.55. The van der Waals surface area contributed by atoms with Crippen LogP contribution in [-0.2, 0) is 13.6 Å². The summed E-state index contributed by atoms with van der Waals surface area (Å²) in [6.07, 6.45) is 3.30. The fourth-order valence-corrected chi connectivity index (χ4v) is 1.90. The fourth-order valence-electron chi connectivity index (χ4n) is 1.74. The zero-order chi connectivity index (χ0) is 12.5. The van der Waals surface area contributed by atoms with Gasteiger partial charge in [0.2, 0.25) is 5.28 Å². The summed E-state index contributed by atoms with van der Waals surface area (Å²) in [5.41, 5.74) is 1.38. The van der Waals surface area contributed by atoms with Crippen molar-refractivity contribution < 1.29 is 4.42 Å². The molecule has 3 aromatic rings. The summed E-state index contributed by atoms with van der Waals surface area (Å²) in [4.78, 5) is 12.4. The molecule has 0 aliphatic carbocycles. The molecule has 0 saturated heterocycles. The number of aromatic nitrogens is 4. The number of halogens is 1. The molecule has 3 rings (SSSR count). The molecule has 0 spiro atoms. The topological polar surface area (TPSA) is 68.8 Å². The first-order valence-corrected chi connectivity index (χ1v) is 5.72. The number of imidazole rings is 1. The number of aryl methyl sites for hydroxylation is 1. The summed E-state index contributed by atoms with van der Waals surface area (Å²) in [6.45, 7) is 0.528. The first-order valence-electron chi connectivity index (χ1n) is 5.35. The smallest absolute Gasteiger partial charge is 0.226 e. The van der Waals surface area contributed by atoms with Crippen molar-refractivity contribution in [3.8, 4) is 0 Å². The fraction of sp³-hybridized carbons (Fsp3) is 0.182. The molecule has 0 saturated carbocycles. The van der Waals surface area contributed by atoms with E-state index in [-0.39, 0.29) is 5.28 Å². The van der Waals surface area contributed by atoms with E-state index in [9.17, 15) is 0 Å². The maximum Gasteiger partial charge on any atom is 0.226 e. The molecule has 0 aliphatic heterocycles. The highest BCUT2D eigenvalue weighted by atomic mass is 35.5. The van der Waals surface area contributed by atoms with Crippen LogP contribution in [0.1, 0.15) is 5.76 Å². The molecule has 6 nitrogen and oxygen atoms in total. The molecule has 0 amide bonds. The van der Waals surface area contributed by atoms with Crippen LogP contribution < -0.4 is 5.32 Å². The van der Waals surface area contributed by atoms with Crippen LogP contribution in [0.5, 0.6) is 0 Å². The van der Waals surface area contributed by atoms with E-state index in [0.717, 1.165) is 11.3 Å². The molecule has 0 fully saturated rings. The second-order valence-corrected chi connectivity index (χ2v) is 4.14. The number of hydrogen-bond acceptors (Lipinski definition) is 5. The molecule has 0 unspecified atom stereocenters. The van der Waals surface area contributed by atoms with Gasteiger partial charge in [0, 0.05) is 7.05 Å². The van der Waals surface area contributed by atoms with Crippen molar-refractivity contribution in [1.82, 2.24) is 19.5 Å². The first kappa shape index (κ1) is 11.0. The molecule has 3 heterocycles. The van der Waals surface area contributed by atoms with Crippen molar-refractivity contribution in [3.05, 3.63) is 35.8 Å². The monoisotopic (exact) mass is 263 g/mol. The largest absolute Gasteiger partial charge is 0.467 e. The van der Waals surface area contributed by atoms with Gasteiger partial charge in [-0.05, 0) is 23.7 Å². The van der Waals surface area contributed by atoms with Crippen LogP contribution >= 0.6 is 11.6 Å². The Bertz CT molecular complexity index is 676. The van der Waals surface area contributed by atoms with Gasteiger partial charge >= 0.3 is 0 Å². The molecule has 0 aromatic carbocycles. The van der Waals surface area contributed by atoms with E-state index in [0.29, 0.717) is 18.0 Å². The summed E-state index contributed by atoms with van der Waals surface area (Å²) >= 11 is 5.86. The van der Waals surface area contributed by atoms with Gasteiger partial charge in [0.15, 0.2) is 11.5 Å². The van der Waals surface area contributed by atoms with Crippen molar-refractivity contribution in [2.75, 3.05) is 5.32 Å². The van der Waals surface area contributed by atoms with Crippen LogP contribution in [0.2, 0.25) is 5.28 Å². The van der Waals surface area contributed by atoms with E-state index < -0.39 is 0 Å². The highest BCUT2D eigenvalue weighted by Gasteiger charge is 2.11. The van der Waals surface area contributed by atoms with Gasteiger partial charge in [0.1, 0.15) is 11.3 Å². The molecular weight excluding hydrogens is 254 g/mol.